The van der Waals surface area contributed by atoms with Crippen molar-refractivity contribution in [3.05, 3.63) is 12.2 Å². The van der Waals surface area contributed by atoms with Crippen molar-refractivity contribution in [1.82, 2.24) is 0 Å². The van der Waals surface area contributed by atoms with Crippen LogP contribution in [-0.2, 0) is 9.53 Å². The molecule has 0 heterocycles. The summed E-state index contributed by atoms with van der Waals surface area (Å²) in [6.07, 6.45) is 6.21. The molecular formula is C9H15ClO2. The molecule has 0 bridgehead atoms. The van der Waals surface area contributed by atoms with Gasteiger partial charge in [0.05, 0.1) is 6.61 Å². The summed E-state index contributed by atoms with van der Waals surface area (Å²) in [5.74, 6) is 0.427. The van der Waals surface area contributed by atoms with Crippen LogP contribution in [-0.4, -0.2) is 18.5 Å². The number of halogens is 1. The van der Waals surface area contributed by atoms with E-state index in [1.165, 1.54) is 6.08 Å². The molecule has 0 spiro atoms. The number of esters is 1. The summed E-state index contributed by atoms with van der Waals surface area (Å²) in [6, 6.07) is 0. The highest BCUT2D eigenvalue weighted by atomic mass is 35.5. The molecule has 0 aromatic rings. The largest absolute Gasteiger partial charge is 0.463 e. The number of rotatable bonds is 6. The second-order valence-electron chi connectivity index (χ2n) is 2.34. The standard InChI is InChI=1S/C9H15ClO2/c1-2-12-9(11)7-5-3-4-6-8-10/h5,7H,2-4,6,8H2,1H3/b7-5-. The molecule has 0 saturated carbocycles. The number of carbonyl (C=O) groups is 1. The smallest absolute Gasteiger partial charge is 0.330 e. The monoisotopic (exact) mass is 190 g/mol. The zero-order valence-electron chi connectivity index (χ0n) is 7.38. The van der Waals surface area contributed by atoms with Crippen LogP contribution in [0.1, 0.15) is 26.2 Å². The van der Waals surface area contributed by atoms with Crippen LogP contribution in [0.3, 0.4) is 0 Å². The van der Waals surface area contributed by atoms with Crippen molar-refractivity contribution < 1.29 is 9.53 Å². The van der Waals surface area contributed by atoms with Gasteiger partial charge in [0.1, 0.15) is 0 Å². The molecule has 70 valence electrons. The third kappa shape index (κ3) is 7.61. The summed E-state index contributed by atoms with van der Waals surface area (Å²) >= 11 is 5.48. The molecule has 0 saturated heterocycles. The topological polar surface area (TPSA) is 26.3 Å². The molecule has 0 aliphatic heterocycles. The van der Waals surface area contributed by atoms with E-state index in [-0.39, 0.29) is 5.97 Å². The fourth-order valence-corrected chi connectivity index (χ4v) is 0.916. The Morgan fingerprint density at radius 2 is 2.25 bits per heavy atom. The molecule has 0 amide bonds. The highest BCUT2D eigenvalue weighted by Crippen LogP contribution is 1.98. The lowest BCUT2D eigenvalue weighted by atomic mass is 10.2. The molecule has 3 heteroatoms. The van der Waals surface area contributed by atoms with Crippen LogP contribution in [0.25, 0.3) is 0 Å². The first-order chi connectivity index (χ1) is 5.81. The zero-order chi connectivity index (χ0) is 9.23. The second-order valence-corrected chi connectivity index (χ2v) is 2.72. The first-order valence-corrected chi connectivity index (χ1v) is 4.74. The van der Waals surface area contributed by atoms with E-state index in [9.17, 15) is 4.79 Å². The molecular weight excluding hydrogens is 176 g/mol. The minimum Gasteiger partial charge on any atom is -0.463 e. The molecule has 0 radical (unpaired) electrons. The highest BCUT2D eigenvalue weighted by Gasteiger charge is 1.91. The van der Waals surface area contributed by atoms with Gasteiger partial charge in [-0.3, -0.25) is 0 Å². The lowest BCUT2D eigenvalue weighted by molar-refractivity contribution is -0.137. The summed E-state index contributed by atoms with van der Waals surface area (Å²) in [5, 5.41) is 0. The molecule has 0 aromatic carbocycles. The van der Waals surface area contributed by atoms with Crippen molar-refractivity contribution in [2.75, 3.05) is 12.5 Å². The first kappa shape index (κ1) is 11.5. The van der Waals surface area contributed by atoms with Gasteiger partial charge in [-0.2, -0.15) is 0 Å². The van der Waals surface area contributed by atoms with Crippen LogP contribution in [0.5, 0.6) is 0 Å². The summed E-state index contributed by atoms with van der Waals surface area (Å²) in [5.41, 5.74) is 0. The molecule has 0 atom stereocenters. The summed E-state index contributed by atoms with van der Waals surface area (Å²) in [4.78, 5) is 10.7. The Morgan fingerprint density at radius 1 is 1.50 bits per heavy atom. The van der Waals surface area contributed by atoms with Crippen LogP contribution in [0.15, 0.2) is 12.2 Å². The van der Waals surface area contributed by atoms with Gasteiger partial charge in [-0.25, -0.2) is 4.79 Å². The van der Waals surface area contributed by atoms with E-state index in [1.807, 2.05) is 6.08 Å². The van der Waals surface area contributed by atoms with Crippen molar-refractivity contribution in [3.63, 3.8) is 0 Å². The Labute approximate surface area is 78.5 Å². The highest BCUT2D eigenvalue weighted by molar-refractivity contribution is 6.17. The fourth-order valence-electron chi connectivity index (χ4n) is 0.727. The van der Waals surface area contributed by atoms with Crippen molar-refractivity contribution in [2.45, 2.75) is 26.2 Å². The lowest BCUT2D eigenvalue weighted by Crippen LogP contribution is -1.98. The Bertz CT molecular complexity index is 143. The van der Waals surface area contributed by atoms with Crippen molar-refractivity contribution in [3.8, 4) is 0 Å². The van der Waals surface area contributed by atoms with E-state index in [2.05, 4.69) is 0 Å². The molecule has 0 aliphatic rings. The van der Waals surface area contributed by atoms with Gasteiger partial charge in [-0.1, -0.05) is 6.08 Å². The lowest BCUT2D eigenvalue weighted by Gasteiger charge is -1.94. The minimum atomic E-state index is -0.261. The van der Waals surface area contributed by atoms with Gasteiger partial charge in [0.2, 0.25) is 0 Å². The number of allylic oxidation sites excluding steroid dienone is 1. The van der Waals surface area contributed by atoms with Crippen molar-refractivity contribution in [2.24, 2.45) is 0 Å². The van der Waals surface area contributed by atoms with Crippen LogP contribution in [0, 0.1) is 0 Å². The van der Waals surface area contributed by atoms with E-state index in [0.29, 0.717) is 12.5 Å². The molecule has 0 N–H and O–H groups in total. The minimum absolute atomic E-state index is 0.261. The average Bonchev–Trinajstić information content (AvgIpc) is 2.05. The van der Waals surface area contributed by atoms with Crippen molar-refractivity contribution >= 4 is 17.6 Å². The normalized spacial score (nSPS) is 10.5. The van der Waals surface area contributed by atoms with Gasteiger partial charge >= 0.3 is 5.97 Å². The van der Waals surface area contributed by atoms with Gasteiger partial charge < -0.3 is 4.74 Å². The molecule has 0 aliphatic carbocycles. The summed E-state index contributed by atoms with van der Waals surface area (Å²) < 4.78 is 4.70. The van der Waals surface area contributed by atoms with Gasteiger partial charge in [-0.15, -0.1) is 11.6 Å². The van der Waals surface area contributed by atoms with Crippen molar-refractivity contribution in [1.29, 1.82) is 0 Å². The molecule has 0 unspecified atom stereocenters. The predicted octanol–water partition coefficient (Wildman–Crippen LogP) is 2.51. The SMILES string of the molecule is CCOC(=O)/C=C\CCCCCl. The quantitative estimate of drug-likeness (QED) is 0.279. The molecule has 12 heavy (non-hydrogen) atoms. The van der Waals surface area contributed by atoms with Crippen LogP contribution >= 0.6 is 11.6 Å². The first-order valence-electron chi connectivity index (χ1n) is 4.20. The van der Waals surface area contributed by atoms with Gasteiger partial charge in [-0.05, 0) is 26.2 Å². The number of carbonyl (C=O) groups excluding carboxylic acids is 1. The number of hydrogen-bond donors (Lipinski definition) is 0. The van der Waals surface area contributed by atoms with Crippen LogP contribution < -0.4 is 0 Å². The van der Waals surface area contributed by atoms with Gasteiger partial charge in [0, 0.05) is 12.0 Å². The number of alkyl halides is 1. The number of ether oxygens (including phenoxy) is 1. The maximum atomic E-state index is 10.7. The maximum Gasteiger partial charge on any atom is 0.330 e. The zero-order valence-corrected chi connectivity index (χ0v) is 8.14. The number of hydrogen-bond acceptors (Lipinski definition) is 2. The predicted molar refractivity (Wildman–Crippen MR) is 50.3 cm³/mol. The van der Waals surface area contributed by atoms with E-state index < -0.39 is 0 Å². The van der Waals surface area contributed by atoms with Crippen LogP contribution in [0.2, 0.25) is 0 Å². The molecule has 0 aromatic heterocycles. The molecule has 0 fully saturated rings. The van der Waals surface area contributed by atoms with E-state index >= 15 is 0 Å². The van der Waals surface area contributed by atoms with E-state index in [1.54, 1.807) is 6.92 Å². The third-order valence-corrected chi connectivity index (χ3v) is 1.56. The molecule has 0 rings (SSSR count). The van der Waals surface area contributed by atoms with E-state index in [0.717, 1.165) is 19.3 Å². The maximum absolute atomic E-state index is 10.7. The summed E-state index contributed by atoms with van der Waals surface area (Å²) in [6.45, 7) is 2.23. The second kappa shape index (κ2) is 8.60. The third-order valence-electron chi connectivity index (χ3n) is 1.29. The van der Waals surface area contributed by atoms with E-state index in [4.69, 9.17) is 16.3 Å². The van der Waals surface area contributed by atoms with Gasteiger partial charge in [0.15, 0.2) is 0 Å². The Balaban J connectivity index is 3.29. The van der Waals surface area contributed by atoms with Gasteiger partial charge in [0.25, 0.3) is 0 Å². The fraction of sp³-hybridized carbons (Fsp3) is 0.667. The Morgan fingerprint density at radius 3 is 2.83 bits per heavy atom. The molecule has 2 nitrogen and oxygen atoms in total. The average molecular weight is 191 g/mol. The van der Waals surface area contributed by atoms with Crippen LogP contribution in [0.4, 0.5) is 0 Å². The Kier molecular flexibility index (Phi) is 8.24. The summed E-state index contributed by atoms with van der Waals surface area (Å²) in [7, 11) is 0. The Hall–Kier alpha value is -0.500. The number of unbranched alkanes of at least 4 members (excludes halogenated alkanes) is 2.